The van der Waals surface area contributed by atoms with Crippen molar-refractivity contribution in [3.8, 4) is 11.1 Å². The first kappa shape index (κ1) is 55.8. The molecule has 2 aliphatic carbocycles. The highest BCUT2D eigenvalue weighted by Crippen LogP contribution is 2.63. The minimum atomic E-state index is -0.224. The van der Waals surface area contributed by atoms with E-state index in [0.717, 1.165) is 47.9 Å². The number of thiophene rings is 1. The number of furan rings is 1. The molecule has 1 saturated carbocycles. The van der Waals surface area contributed by atoms with Gasteiger partial charge < -0.3 is 19.1 Å². The molecular weight excluding hydrogens is 1090 g/mol. The number of nitrogens with zero attached hydrogens (tertiary/aromatic N) is 3. The van der Waals surface area contributed by atoms with Crippen LogP contribution < -0.4 is 31.1 Å². The van der Waals surface area contributed by atoms with Crippen molar-refractivity contribution in [2.24, 2.45) is 0 Å². The molecule has 442 valence electrons. The number of anilines is 8. The second-order valence-electron chi connectivity index (χ2n) is 31.9. The molecule has 11 aromatic rings. The average molecular weight is 1170 g/mol. The van der Waals surface area contributed by atoms with Crippen molar-refractivity contribution in [3.63, 3.8) is 0 Å². The van der Waals surface area contributed by atoms with Gasteiger partial charge in [-0.2, -0.15) is 0 Å². The van der Waals surface area contributed by atoms with Gasteiger partial charge in [-0.05, 0) is 188 Å². The number of hydrogen-bond donors (Lipinski definition) is 0. The van der Waals surface area contributed by atoms with E-state index < -0.39 is 0 Å². The van der Waals surface area contributed by atoms with Crippen molar-refractivity contribution in [2.45, 2.75) is 180 Å². The maximum atomic E-state index is 7.20. The Morgan fingerprint density at radius 3 is 1.78 bits per heavy atom. The first-order chi connectivity index (χ1) is 41.7. The van der Waals surface area contributed by atoms with Crippen LogP contribution in [0.3, 0.4) is 0 Å². The Morgan fingerprint density at radius 2 is 1.06 bits per heavy atom. The number of fused-ring (bicyclic) bond motifs is 15. The zero-order valence-corrected chi connectivity index (χ0v) is 55.4. The standard InChI is InChI=1S/C82H84BN3OS/c1-76(2,3)50-30-34-62(55(42-50)49-24-17-16-18-25-49)85-67-46-53(86-63-35-31-52(78(7,8)9)44-59(63)81(14)38-21-22-39-82(81,86)15)45-66-74(67)83(60-33-37-69-73(75(60)85)56-43-51(77(4,5)6)32-36-68(56)87-69)61-47-57-58(80(12,13)41-40-79(57,10)11)48-65(61)84(66)64-27-23-29-71-72(64)54-26-19-20-28-70(54)88-71/h16-20,23-37,42-48H,21-22,38-41H2,1-15H3. The van der Waals surface area contributed by atoms with Crippen LogP contribution in [0.5, 0.6) is 0 Å². The maximum absolute atomic E-state index is 7.20. The summed E-state index contributed by atoms with van der Waals surface area (Å²) in [5.74, 6) is 0. The van der Waals surface area contributed by atoms with E-state index in [9.17, 15) is 0 Å². The SMILES string of the molecule is CC(C)(C)c1ccc(N2c3cc(N4c5ccc(C(C)(C)C)cc5C5(C)CCCCC45C)cc4c3B(c3cc5c(cc3N4c3cccc4sc6ccccc6c34)C(C)(C)CCC5(C)C)c3ccc4oc5ccc(C(C)(C)C)cc5c4c32)c(-c2ccccc2)c1. The highest BCUT2D eigenvalue weighted by atomic mass is 32.1. The van der Waals surface area contributed by atoms with Crippen LogP contribution >= 0.6 is 11.3 Å². The third-order valence-electron chi connectivity index (χ3n) is 22.5. The quantitative estimate of drug-likeness (QED) is 0.164. The summed E-state index contributed by atoms with van der Waals surface area (Å²) in [5.41, 5.74) is 26.1. The second-order valence-corrected chi connectivity index (χ2v) is 33.0. The molecular formula is C82H84BN3OS. The van der Waals surface area contributed by atoms with E-state index in [-0.39, 0.29) is 44.7 Å². The first-order valence-electron chi connectivity index (χ1n) is 32.8. The van der Waals surface area contributed by atoms with Crippen LogP contribution in [-0.2, 0) is 32.5 Å². The molecule has 0 bridgehead atoms. The van der Waals surface area contributed by atoms with Gasteiger partial charge >= 0.3 is 0 Å². The predicted octanol–water partition coefficient (Wildman–Crippen LogP) is 21.7. The van der Waals surface area contributed by atoms with Crippen molar-refractivity contribution >= 4 is 122 Å². The minimum absolute atomic E-state index is 0.00171. The predicted molar refractivity (Wildman–Crippen MR) is 380 cm³/mol. The summed E-state index contributed by atoms with van der Waals surface area (Å²) < 4.78 is 9.82. The molecule has 3 aliphatic heterocycles. The molecule has 5 aliphatic rings. The van der Waals surface area contributed by atoms with Gasteiger partial charge in [-0.15, -0.1) is 11.3 Å². The van der Waals surface area contributed by atoms with E-state index in [0.29, 0.717) is 0 Å². The summed E-state index contributed by atoms with van der Waals surface area (Å²) in [6.07, 6.45) is 6.91. The van der Waals surface area contributed by atoms with Gasteiger partial charge in [0.2, 0.25) is 0 Å². The molecule has 0 N–H and O–H groups in total. The summed E-state index contributed by atoms with van der Waals surface area (Å²) in [6.45, 7) is 36.4. The largest absolute Gasteiger partial charge is 0.456 e. The van der Waals surface area contributed by atoms with E-state index in [1.54, 1.807) is 0 Å². The summed E-state index contributed by atoms with van der Waals surface area (Å²) in [6, 6.07) is 65.0. The fourth-order valence-electron chi connectivity index (χ4n) is 17.1. The van der Waals surface area contributed by atoms with Gasteiger partial charge in [-0.25, -0.2) is 0 Å². The second kappa shape index (κ2) is 18.5. The molecule has 2 aromatic heterocycles. The molecule has 1 fully saturated rings. The molecule has 16 rings (SSSR count). The van der Waals surface area contributed by atoms with Gasteiger partial charge in [0.05, 0.1) is 28.0 Å². The van der Waals surface area contributed by atoms with Crippen LogP contribution in [0.4, 0.5) is 45.5 Å². The third kappa shape index (κ3) is 7.88. The Labute approximate surface area is 526 Å². The van der Waals surface area contributed by atoms with E-state index in [1.807, 2.05) is 11.3 Å². The van der Waals surface area contributed by atoms with Gasteiger partial charge in [0.25, 0.3) is 6.71 Å². The Kier molecular flexibility index (Phi) is 11.7. The average Bonchev–Trinajstić information content (AvgIpc) is 1.23. The third-order valence-corrected chi connectivity index (χ3v) is 23.7. The normalized spacial score (nSPS) is 20.1. The zero-order valence-electron chi connectivity index (χ0n) is 54.6. The van der Waals surface area contributed by atoms with Gasteiger partial charge in [-0.3, -0.25) is 0 Å². The highest BCUT2D eigenvalue weighted by Gasteiger charge is 2.59. The van der Waals surface area contributed by atoms with Gasteiger partial charge in [-0.1, -0.05) is 201 Å². The number of hydrogen-bond acceptors (Lipinski definition) is 5. The molecule has 5 heterocycles. The lowest BCUT2D eigenvalue weighted by atomic mass is 9.33. The molecule has 6 heteroatoms. The van der Waals surface area contributed by atoms with Crippen LogP contribution in [-0.4, -0.2) is 12.3 Å². The highest BCUT2D eigenvalue weighted by molar-refractivity contribution is 7.26. The monoisotopic (exact) mass is 1170 g/mol. The van der Waals surface area contributed by atoms with E-state index in [4.69, 9.17) is 4.42 Å². The van der Waals surface area contributed by atoms with Gasteiger partial charge in [0, 0.05) is 65.0 Å². The lowest BCUT2D eigenvalue weighted by Crippen LogP contribution is -2.62. The molecule has 0 radical (unpaired) electrons. The van der Waals surface area contributed by atoms with E-state index in [1.165, 1.54) is 139 Å². The van der Waals surface area contributed by atoms with Crippen LogP contribution in [0.2, 0.25) is 0 Å². The van der Waals surface area contributed by atoms with E-state index >= 15 is 0 Å². The topological polar surface area (TPSA) is 22.9 Å². The summed E-state index contributed by atoms with van der Waals surface area (Å²) >= 11 is 1.92. The molecule has 0 saturated heterocycles. The lowest BCUT2D eigenvalue weighted by molar-refractivity contribution is 0.195. The molecule has 2 atom stereocenters. The number of rotatable bonds is 4. The summed E-state index contributed by atoms with van der Waals surface area (Å²) in [7, 11) is 0. The molecule has 0 amide bonds. The molecule has 88 heavy (non-hydrogen) atoms. The smallest absolute Gasteiger partial charge is 0.252 e. The Morgan fingerprint density at radius 1 is 0.443 bits per heavy atom. The molecule has 4 nitrogen and oxygen atoms in total. The van der Waals surface area contributed by atoms with Gasteiger partial charge in [0.15, 0.2) is 0 Å². The van der Waals surface area contributed by atoms with Crippen molar-refractivity contribution in [3.05, 3.63) is 197 Å². The van der Waals surface area contributed by atoms with Crippen LogP contribution in [0, 0.1) is 0 Å². The molecule has 0 spiro atoms. The number of benzene rings is 9. The molecule has 2 unspecified atom stereocenters. The Balaban J connectivity index is 1.12. The van der Waals surface area contributed by atoms with Gasteiger partial charge in [0.1, 0.15) is 11.2 Å². The fraction of sp³-hybridized carbons (Fsp3) is 0.341. The van der Waals surface area contributed by atoms with Crippen molar-refractivity contribution in [1.29, 1.82) is 0 Å². The van der Waals surface area contributed by atoms with Crippen LogP contribution in [0.25, 0.3) is 53.2 Å². The summed E-state index contributed by atoms with van der Waals surface area (Å²) in [5, 5.41) is 4.95. The van der Waals surface area contributed by atoms with Crippen molar-refractivity contribution < 1.29 is 4.42 Å². The maximum Gasteiger partial charge on any atom is 0.252 e. The fourth-order valence-corrected chi connectivity index (χ4v) is 18.2. The zero-order chi connectivity index (χ0) is 61.1. The Bertz CT molecular complexity index is 4770. The minimum Gasteiger partial charge on any atom is -0.456 e. The molecule has 9 aromatic carbocycles. The first-order valence-corrected chi connectivity index (χ1v) is 33.6. The van der Waals surface area contributed by atoms with E-state index in [2.05, 4.69) is 282 Å². The summed E-state index contributed by atoms with van der Waals surface area (Å²) in [4.78, 5) is 8.40. The Hall–Kier alpha value is -7.54. The van der Waals surface area contributed by atoms with Crippen LogP contribution in [0.1, 0.15) is 176 Å². The van der Waals surface area contributed by atoms with Crippen molar-refractivity contribution in [2.75, 3.05) is 14.7 Å². The lowest BCUT2D eigenvalue weighted by Gasteiger charge is -2.51. The van der Waals surface area contributed by atoms with Crippen LogP contribution in [0.15, 0.2) is 168 Å². The van der Waals surface area contributed by atoms with Crippen molar-refractivity contribution in [1.82, 2.24) is 0 Å².